The summed E-state index contributed by atoms with van der Waals surface area (Å²) in [4.78, 5) is 50.9. The number of aliphatic carboxylic acids is 1. The fourth-order valence-corrected chi connectivity index (χ4v) is 3.64. The van der Waals surface area contributed by atoms with Crippen molar-refractivity contribution in [3.8, 4) is 0 Å². The number of hydrogen-bond donors (Lipinski definition) is 1. The smallest absolute Gasteiger partial charge is 0.303 e. The van der Waals surface area contributed by atoms with E-state index in [1.54, 1.807) is 23.1 Å². The normalized spacial score (nSPS) is 19.7. The molecular formula is C19H22N2O5. The van der Waals surface area contributed by atoms with E-state index >= 15 is 0 Å². The van der Waals surface area contributed by atoms with Crippen LogP contribution in [-0.2, 0) is 9.59 Å². The van der Waals surface area contributed by atoms with Gasteiger partial charge in [0.15, 0.2) is 0 Å². The summed E-state index contributed by atoms with van der Waals surface area (Å²) in [6, 6.07) is 5.06. The summed E-state index contributed by atoms with van der Waals surface area (Å²) >= 11 is 0. The number of nitrogens with zero attached hydrogens (tertiary/aromatic N) is 2. The molecule has 1 atom stereocenters. The lowest BCUT2D eigenvalue weighted by Gasteiger charge is -2.33. The minimum atomic E-state index is -0.838. The Balaban J connectivity index is 1.64. The number of amides is 3. The third-order valence-corrected chi connectivity index (χ3v) is 5.06. The van der Waals surface area contributed by atoms with Crippen molar-refractivity contribution in [3.63, 3.8) is 0 Å². The summed E-state index contributed by atoms with van der Waals surface area (Å²) in [5.74, 6) is -1.82. The molecule has 0 saturated carbocycles. The second-order valence-corrected chi connectivity index (χ2v) is 7.03. The molecule has 1 saturated heterocycles. The van der Waals surface area contributed by atoms with Crippen molar-refractivity contribution in [1.29, 1.82) is 0 Å². The number of benzene rings is 1. The van der Waals surface area contributed by atoms with Crippen LogP contribution in [-0.4, -0.2) is 58.2 Å². The Bertz CT molecular complexity index is 773. The maximum absolute atomic E-state index is 12.6. The molecule has 3 rings (SSSR count). The number of rotatable bonds is 5. The first-order valence-corrected chi connectivity index (χ1v) is 8.83. The molecule has 138 valence electrons. The monoisotopic (exact) mass is 358 g/mol. The van der Waals surface area contributed by atoms with E-state index in [0.29, 0.717) is 30.6 Å². The Kier molecular flexibility index (Phi) is 5.06. The molecule has 1 unspecified atom stereocenters. The van der Waals surface area contributed by atoms with Gasteiger partial charge in [0, 0.05) is 19.5 Å². The number of aryl methyl sites for hydroxylation is 1. The predicted molar refractivity (Wildman–Crippen MR) is 92.7 cm³/mol. The summed E-state index contributed by atoms with van der Waals surface area (Å²) < 4.78 is 0. The van der Waals surface area contributed by atoms with Crippen molar-refractivity contribution in [2.24, 2.45) is 5.92 Å². The Morgan fingerprint density at radius 3 is 2.65 bits per heavy atom. The number of carbonyl (C=O) groups is 4. The molecule has 2 heterocycles. The number of imide groups is 1. The van der Waals surface area contributed by atoms with Gasteiger partial charge in [-0.1, -0.05) is 11.6 Å². The van der Waals surface area contributed by atoms with Gasteiger partial charge in [0.25, 0.3) is 11.8 Å². The van der Waals surface area contributed by atoms with Gasteiger partial charge in [-0.2, -0.15) is 0 Å². The molecule has 2 aliphatic rings. The summed E-state index contributed by atoms with van der Waals surface area (Å²) in [5, 5.41) is 8.81. The predicted octanol–water partition coefficient (Wildman–Crippen LogP) is 1.69. The van der Waals surface area contributed by atoms with Crippen LogP contribution >= 0.6 is 0 Å². The van der Waals surface area contributed by atoms with Crippen LogP contribution in [0, 0.1) is 12.8 Å². The number of fused-ring (bicyclic) bond motifs is 1. The molecule has 0 bridgehead atoms. The number of carbonyl (C=O) groups excluding carboxylic acids is 3. The van der Waals surface area contributed by atoms with E-state index in [4.69, 9.17) is 5.11 Å². The fraction of sp³-hybridized carbons (Fsp3) is 0.474. The Morgan fingerprint density at radius 1 is 1.19 bits per heavy atom. The zero-order chi connectivity index (χ0) is 18.8. The fourth-order valence-electron chi connectivity index (χ4n) is 3.64. The average molecular weight is 358 g/mol. The van der Waals surface area contributed by atoms with Gasteiger partial charge in [-0.05, 0) is 44.2 Å². The molecule has 7 heteroatoms. The first-order valence-electron chi connectivity index (χ1n) is 8.83. The molecule has 1 aromatic carbocycles. The standard InChI is InChI=1S/C19H22N2O5/c1-12-4-6-14-15(9-12)19(26)21(18(14)25)11-16(22)20-8-2-3-13(10-20)5-7-17(23)24/h4,6,9,13H,2-3,5,7-8,10-11H2,1H3,(H,23,24). The first-order chi connectivity index (χ1) is 12.4. The molecule has 0 spiro atoms. The molecule has 0 aliphatic carbocycles. The second kappa shape index (κ2) is 7.27. The molecule has 0 aromatic heterocycles. The van der Waals surface area contributed by atoms with Crippen molar-refractivity contribution >= 4 is 23.7 Å². The van der Waals surface area contributed by atoms with Crippen LogP contribution in [0.25, 0.3) is 0 Å². The Hall–Kier alpha value is -2.70. The molecule has 1 aromatic rings. The largest absolute Gasteiger partial charge is 0.481 e. The molecular weight excluding hydrogens is 336 g/mol. The number of carboxylic acid groups (broad SMARTS) is 1. The Morgan fingerprint density at radius 2 is 1.92 bits per heavy atom. The van der Waals surface area contributed by atoms with Crippen LogP contribution in [0.4, 0.5) is 0 Å². The summed E-state index contributed by atoms with van der Waals surface area (Å²) in [6.07, 6.45) is 2.32. The van der Waals surface area contributed by atoms with E-state index in [0.717, 1.165) is 23.3 Å². The van der Waals surface area contributed by atoms with Crippen molar-refractivity contribution in [2.45, 2.75) is 32.6 Å². The van der Waals surface area contributed by atoms with Crippen LogP contribution in [0.3, 0.4) is 0 Å². The van der Waals surface area contributed by atoms with E-state index in [-0.39, 0.29) is 24.8 Å². The zero-order valence-electron chi connectivity index (χ0n) is 14.7. The van der Waals surface area contributed by atoms with E-state index in [1.807, 2.05) is 6.92 Å². The van der Waals surface area contributed by atoms with Gasteiger partial charge in [-0.3, -0.25) is 24.1 Å². The van der Waals surface area contributed by atoms with E-state index in [9.17, 15) is 19.2 Å². The summed E-state index contributed by atoms with van der Waals surface area (Å²) in [5.41, 5.74) is 1.57. The number of carboxylic acids is 1. The van der Waals surface area contributed by atoms with E-state index < -0.39 is 17.8 Å². The topological polar surface area (TPSA) is 95.0 Å². The van der Waals surface area contributed by atoms with Crippen LogP contribution in [0.1, 0.15) is 52.0 Å². The highest BCUT2D eigenvalue weighted by Crippen LogP contribution is 2.25. The minimum Gasteiger partial charge on any atom is -0.481 e. The van der Waals surface area contributed by atoms with Gasteiger partial charge in [0.05, 0.1) is 11.1 Å². The molecule has 1 N–H and O–H groups in total. The van der Waals surface area contributed by atoms with Crippen molar-refractivity contribution in [1.82, 2.24) is 9.80 Å². The minimum absolute atomic E-state index is 0.0878. The van der Waals surface area contributed by atoms with Gasteiger partial charge >= 0.3 is 5.97 Å². The molecule has 26 heavy (non-hydrogen) atoms. The highest BCUT2D eigenvalue weighted by Gasteiger charge is 2.37. The van der Waals surface area contributed by atoms with E-state index in [2.05, 4.69) is 0 Å². The first kappa shape index (κ1) is 18.1. The van der Waals surface area contributed by atoms with Crippen LogP contribution in [0.5, 0.6) is 0 Å². The van der Waals surface area contributed by atoms with Crippen molar-refractivity contribution in [3.05, 3.63) is 34.9 Å². The third kappa shape index (κ3) is 3.61. The van der Waals surface area contributed by atoms with Crippen LogP contribution in [0.15, 0.2) is 18.2 Å². The number of hydrogen-bond acceptors (Lipinski definition) is 4. The second-order valence-electron chi connectivity index (χ2n) is 7.03. The molecule has 3 amide bonds. The molecule has 0 radical (unpaired) electrons. The summed E-state index contributed by atoms with van der Waals surface area (Å²) in [6.45, 7) is 2.63. The Labute approximate surface area is 151 Å². The van der Waals surface area contributed by atoms with Gasteiger partial charge in [0.1, 0.15) is 6.54 Å². The van der Waals surface area contributed by atoms with Gasteiger partial charge in [0.2, 0.25) is 5.91 Å². The lowest BCUT2D eigenvalue weighted by atomic mass is 9.93. The van der Waals surface area contributed by atoms with Gasteiger partial charge in [-0.15, -0.1) is 0 Å². The summed E-state index contributed by atoms with van der Waals surface area (Å²) in [7, 11) is 0. The number of piperidine rings is 1. The maximum atomic E-state index is 12.6. The lowest BCUT2D eigenvalue weighted by molar-refractivity contribution is -0.137. The van der Waals surface area contributed by atoms with Crippen LogP contribution in [0.2, 0.25) is 0 Å². The maximum Gasteiger partial charge on any atom is 0.303 e. The van der Waals surface area contributed by atoms with Gasteiger partial charge in [-0.25, -0.2) is 0 Å². The lowest BCUT2D eigenvalue weighted by Crippen LogP contribution is -2.46. The highest BCUT2D eigenvalue weighted by atomic mass is 16.4. The number of likely N-dealkylation sites (tertiary alicyclic amines) is 1. The van der Waals surface area contributed by atoms with E-state index in [1.165, 1.54) is 0 Å². The van der Waals surface area contributed by atoms with Crippen molar-refractivity contribution in [2.75, 3.05) is 19.6 Å². The quantitative estimate of drug-likeness (QED) is 0.808. The molecule has 7 nitrogen and oxygen atoms in total. The SMILES string of the molecule is Cc1ccc2c(c1)C(=O)N(CC(=O)N1CCCC(CCC(=O)O)C1)C2=O. The average Bonchev–Trinajstić information content (AvgIpc) is 2.84. The van der Waals surface area contributed by atoms with Crippen molar-refractivity contribution < 1.29 is 24.3 Å². The third-order valence-electron chi connectivity index (χ3n) is 5.06. The molecule has 1 fully saturated rings. The molecule has 2 aliphatic heterocycles. The van der Waals surface area contributed by atoms with Gasteiger partial charge < -0.3 is 10.0 Å². The van der Waals surface area contributed by atoms with Crippen LogP contribution < -0.4 is 0 Å². The zero-order valence-corrected chi connectivity index (χ0v) is 14.7. The highest BCUT2D eigenvalue weighted by molar-refractivity contribution is 6.22.